The molecule has 0 radical (unpaired) electrons. The Kier molecular flexibility index (Phi) is 4.05. The van der Waals surface area contributed by atoms with Crippen LogP contribution < -0.4 is 5.73 Å². The Hall–Kier alpha value is -1.61. The third kappa shape index (κ3) is 2.56. The fourth-order valence-corrected chi connectivity index (χ4v) is 2.40. The van der Waals surface area contributed by atoms with Gasteiger partial charge in [0.25, 0.3) is 0 Å². The molecule has 1 aromatic heterocycles. The van der Waals surface area contributed by atoms with Crippen molar-refractivity contribution in [1.82, 2.24) is 9.97 Å². The van der Waals surface area contributed by atoms with Gasteiger partial charge >= 0.3 is 0 Å². The molecule has 1 heterocycles. The van der Waals surface area contributed by atoms with Crippen LogP contribution in [-0.4, -0.2) is 16.5 Å². The van der Waals surface area contributed by atoms with E-state index in [0.29, 0.717) is 12.5 Å². The van der Waals surface area contributed by atoms with Crippen molar-refractivity contribution in [2.24, 2.45) is 5.73 Å². The van der Waals surface area contributed by atoms with Crippen molar-refractivity contribution in [1.29, 1.82) is 0 Å². The topological polar surface area (TPSA) is 54.7 Å². The average Bonchev–Trinajstić information content (AvgIpc) is 2.87. The van der Waals surface area contributed by atoms with Crippen molar-refractivity contribution in [3.8, 4) is 11.3 Å². The minimum atomic E-state index is 0.320. The fraction of sp³-hybridized carbons (Fsp3) is 0.438. The number of aromatic nitrogens is 2. The molecule has 3 heteroatoms. The first-order chi connectivity index (χ1) is 9.08. The largest absolute Gasteiger partial charge is 0.342 e. The van der Waals surface area contributed by atoms with Crippen molar-refractivity contribution < 1.29 is 0 Å². The van der Waals surface area contributed by atoms with Crippen LogP contribution in [0.1, 0.15) is 41.8 Å². The minimum Gasteiger partial charge on any atom is -0.342 e. The molecule has 2 aromatic rings. The van der Waals surface area contributed by atoms with Gasteiger partial charge in [0.1, 0.15) is 5.82 Å². The third-order valence-corrected chi connectivity index (χ3v) is 4.11. The summed E-state index contributed by atoms with van der Waals surface area (Å²) in [6.45, 7) is 9.25. The molecule has 1 aromatic carbocycles. The smallest absolute Gasteiger partial charge is 0.110 e. The highest BCUT2D eigenvalue weighted by molar-refractivity contribution is 5.65. The highest BCUT2D eigenvalue weighted by Gasteiger charge is 2.13. The number of hydrogen-bond donors (Lipinski definition) is 2. The number of aryl methyl sites for hydroxylation is 1. The summed E-state index contributed by atoms with van der Waals surface area (Å²) in [6, 6.07) is 4.33. The molecule has 0 saturated carbocycles. The van der Waals surface area contributed by atoms with Crippen LogP contribution in [0.15, 0.2) is 18.3 Å². The number of imidazole rings is 1. The molecule has 0 aliphatic heterocycles. The number of benzene rings is 1. The van der Waals surface area contributed by atoms with Gasteiger partial charge in [-0.25, -0.2) is 4.98 Å². The number of rotatable bonds is 4. The number of aromatic amines is 1. The van der Waals surface area contributed by atoms with Crippen molar-refractivity contribution in [3.05, 3.63) is 40.8 Å². The van der Waals surface area contributed by atoms with E-state index in [1.807, 2.05) is 6.20 Å². The van der Waals surface area contributed by atoms with Gasteiger partial charge < -0.3 is 10.7 Å². The van der Waals surface area contributed by atoms with Gasteiger partial charge in [0.05, 0.1) is 11.9 Å². The fourth-order valence-electron chi connectivity index (χ4n) is 2.40. The minimum absolute atomic E-state index is 0.320. The Morgan fingerprint density at radius 3 is 2.58 bits per heavy atom. The summed E-state index contributed by atoms with van der Waals surface area (Å²) in [6.07, 6.45) is 2.93. The van der Waals surface area contributed by atoms with Gasteiger partial charge in [-0.05, 0) is 43.9 Å². The predicted octanol–water partition coefficient (Wildman–Crippen LogP) is 3.45. The highest BCUT2D eigenvalue weighted by Crippen LogP contribution is 2.27. The van der Waals surface area contributed by atoms with Gasteiger partial charge in [-0.3, -0.25) is 0 Å². The van der Waals surface area contributed by atoms with Crippen LogP contribution in [0.25, 0.3) is 11.3 Å². The number of H-pyrrole nitrogens is 1. The summed E-state index contributed by atoms with van der Waals surface area (Å²) in [4.78, 5) is 7.92. The quantitative estimate of drug-likeness (QED) is 0.881. The lowest BCUT2D eigenvalue weighted by molar-refractivity contribution is 0.639. The number of hydrogen-bond acceptors (Lipinski definition) is 2. The number of nitrogens with two attached hydrogens (primary N) is 1. The Morgan fingerprint density at radius 2 is 1.95 bits per heavy atom. The van der Waals surface area contributed by atoms with Gasteiger partial charge in [-0.1, -0.05) is 19.1 Å². The summed E-state index contributed by atoms with van der Waals surface area (Å²) in [7, 11) is 0. The maximum absolute atomic E-state index is 5.78. The lowest BCUT2D eigenvalue weighted by Gasteiger charge is -2.10. The molecule has 0 aliphatic carbocycles. The molecule has 0 aliphatic rings. The molecule has 1 atom stereocenters. The van der Waals surface area contributed by atoms with E-state index >= 15 is 0 Å². The predicted molar refractivity (Wildman–Crippen MR) is 80.3 cm³/mol. The third-order valence-electron chi connectivity index (χ3n) is 4.11. The van der Waals surface area contributed by atoms with E-state index in [-0.39, 0.29) is 0 Å². The van der Waals surface area contributed by atoms with Crippen molar-refractivity contribution in [2.45, 2.75) is 40.0 Å². The van der Waals surface area contributed by atoms with Crippen LogP contribution in [0.2, 0.25) is 0 Å². The summed E-state index contributed by atoms with van der Waals surface area (Å²) in [5.41, 5.74) is 12.1. The van der Waals surface area contributed by atoms with Gasteiger partial charge in [-0.2, -0.15) is 0 Å². The molecule has 0 fully saturated rings. The molecule has 3 nitrogen and oxygen atoms in total. The molecule has 0 spiro atoms. The molecule has 0 amide bonds. The molecule has 0 bridgehead atoms. The lowest BCUT2D eigenvalue weighted by Crippen LogP contribution is -2.12. The van der Waals surface area contributed by atoms with Gasteiger partial charge in [0.15, 0.2) is 0 Å². The monoisotopic (exact) mass is 257 g/mol. The average molecular weight is 257 g/mol. The second kappa shape index (κ2) is 5.57. The Labute approximate surface area is 115 Å². The van der Waals surface area contributed by atoms with Crippen LogP contribution >= 0.6 is 0 Å². The summed E-state index contributed by atoms with van der Waals surface area (Å²) in [5, 5.41) is 0. The molecule has 102 valence electrons. The number of nitrogens with zero attached hydrogens (tertiary/aromatic N) is 1. The van der Waals surface area contributed by atoms with Crippen molar-refractivity contribution >= 4 is 0 Å². The molecule has 2 rings (SSSR count). The zero-order chi connectivity index (χ0) is 14.0. The first kappa shape index (κ1) is 13.8. The first-order valence-corrected chi connectivity index (χ1v) is 6.90. The Morgan fingerprint density at radius 1 is 1.21 bits per heavy atom. The van der Waals surface area contributed by atoms with E-state index < -0.39 is 0 Å². The van der Waals surface area contributed by atoms with Crippen molar-refractivity contribution in [2.75, 3.05) is 6.54 Å². The molecule has 3 N–H and O–H groups in total. The van der Waals surface area contributed by atoms with Gasteiger partial charge in [0.2, 0.25) is 0 Å². The molecule has 1 unspecified atom stereocenters. The maximum Gasteiger partial charge on any atom is 0.110 e. The first-order valence-electron chi connectivity index (χ1n) is 6.90. The summed E-state index contributed by atoms with van der Waals surface area (Å²) >= 11 is 0. The van der Waals surface area contributed by atoms with Gasteiger partial charge in [0, 0.05) is 18.0 Å². The summed E-state index contributed by atoms with van der Waals surface area (Å²) < 4.78 is 0. The lowest BCUT2D eigenvalue weighted by atomic mass is 9.97. The van der Waals surface area contributed by atoms with Crippen LogP contribution in [0, 0.1) is 20.8 Å². The van der Waals surface area contributed by atoms with Crippen LogP contribution in [0.5, 0.6) is 0 Å². The van der Waals surface area contributed by atoms with Crippen LogP contribution in [0.4, 0.5) is 0 Å². The SMILES string of the molecule is CCC(CN)c1ncc(-c2ccc(C)c(C)c2C)[nH]1. The van der Waals surface area contributed by atoms with Crippen molar-refractivity contribution in [3.63, 3.8) is 0 Å². The normalized spacial score (nSPS) is 12.7. The van der Waals surface area contributed by atoms with Crippen LogP contribution in [-0.2, 0) is 0 Å². The molecular formula is C16H23N3. The molecular weight excluding hydrogens is 234 g/mol. The second-order valence-electron chi connectivity index (χ2n) is 5.20. The number of nitrogens with one attached hydrogen (secondary N) is 1. The highest BCUT2D eigenvalue weighted by atomic mass is 14.9. The van der Waals surface area contributed by atoms with Crippen LogP contribution in [0.3, 0.4) is 0 Å². The second-order valence-corrected chi connectivity index (χ2v) is 5.20. The van der Waals surface area contributed by atoms with E-state index in [1.54, 1.807) is 0 Å². The van der Waals surface area contributed by atoms with E-state index in [0.717, 1.165) is 17.9 Å². The standard InChI is InChI=1S/C16H23N3/c1-5-13(8-17)16-18-9-15(19-16)14-7-6-10(2)11(3)12(14)4/h6-7,9,13H,5,8,17H2,1-4H3,(H,18,19). The summed E-state index contributed by atoms with van der Waals surface area (Å²) in [5.74, 6) is 1.32. The molecule has 0 saturated heterocycles. The van der Waals surface area contributed by atoms with E-state index in [1.165, 1.54) is 22.3 Å². The maximum atomic E-state index is 5.78. The molecule has 19 heavy (non-hydrogen) atoms. The van der Waals surface area contributed by atoms with E-state index in [9.17, 15) is 0 Å². The van der Waals surface area contributed by atoms with E-state index in [4.69, 9.17) is 5.73 Å². The Balaban J connectivity index is 2.41. The van der Waals surface area contributed by atoms with E-state index in [2.05, 4.69) is 49.8 Å². The Bertz CT molecular complexity index is 565. The van der Waals surface area contributed by atoms with Gasteiger partial charge in [-0.15, -0.1) is 0 Å². The zero-order valence-electron chi connectivity index (χ0n) is 12.2. The zero-order valence-corrected chi connectivity index (χ0v) is 12.2.